The number of hydrogen-bond acceptors (Lipinski definition) is 6. The van der Waals surface area contributed by atoms with E-state index in [-0.39, 0.29) is 23.6 Å². The summed E-state index contributed by atoms with van der Waals surface area (Å²) in [6.07, 6.45) is 2.09. The number of rotatable bonds is 5. The van der Waals surface area contributed by atoms with Crippen LogP contribution in [0.4, 0.5) is 5.00 Å². The van der Waals surface area contributed by atoms with Crippen LogP contribution in [0.1, 0.15) is 44.0 Å². The average molecular weight is 397 g/mol. The number of nitrogens with zero attached hydrogens (tertiary/aromatic N) is 1. The second kappa shape index (κ2) is 8.19. The number of carbonyl (C=O) groups is 3. The monoisotopic (exact) mass is 397 g/mol. The zero-order valence-electron chi connectivity index (χ0n) is 16.2. The number of esters is 1. The lowest BCUT2D eigenvalue weighted by Gasteiger charge is -2.30. The van der Waals surface area contributed by atoms with Crippen molar-refractivity contribution in [3.8, 4) is 11.1 Å². The molecular weight excluding hydrogens is 374 g/mol. The van der Waals surface area contributed by atoms with Gasteiger partial charge in [-0.15, -0.1) is 11.3 Å². The van der Waals surface area contributed by atoms with Gasteiger partial charge in [-0.3, -0.25) is 9.59 Å². The summed E-state index contributed by atoms with van der Waals surface area (Å²) in [5.74, 6) is -1.55. The Balaban J connectivity index is 1.95. The number of carbonyl (C=O) groups excluding carboxylic acids is 3. The minimum Gasteiger partial charge on any atom is -0.462 e. The van der Waals surface area contributed by atoms with E-state index >= 15 is 0 Å². The molecule has 0 atom stereocenters. The van der Waals surface area contributed by atoms with Crippen LogP contribution in [0.15, 0.2) is 40.7 Å². The molecule has 1 aliphatic rings. The van der Waals surface area contributed by atoms with Gasteiger partial charge in [-0.25, -0.2) is 9.79 Å². The zero-order valence-corrected chi connectivity index (χ0v) is 17.0. The van der Waals surface area contributed by atoms with Crippen LogP contribution in [0.2, 0.25) is 0 Å². The normalized spacial score (nSPS) is 17.2. The third kappa shape index (κ3) is 4.28. The quantitative estimate of drug-likeness (QED) is 0.410. The number of ketones is 2. The van der Waals surface area contributed by atoms with E-state index in [4.69, 9.17) is 4.74 Å². The molecule has 0 saturated heterocycles. The van der Waals surface area contributed by atoms with Crippen molar-refractivity contribution in [3.63, 3.8) is 0 Å². The number of aliphatic imine (C=N–C) groups is 1. The van der Waals surface area contributed by atoms with Gasteiger partial charge in [0, 0.05) is 30.0 Å². The Labute approximate surface area is 168 Å². The fraction of sp³-hybridized carbons (Fsp3) is 0.364. The van der Waals surface area contributed by atoms with Crippen LogP contribution in [0.3, 0.4) is 0 Å². The van der Waals surface area contributed by atoms with Crippen molar-refractivity contribution >= 4 is 40.1 Å². The fourth-order valence-corrected chi connectivity index (χ4v) is 4.30. The lowest BCUT2D eigenvalue weighted by molar-refractivity contribution is -0.136. The van der Waals surface area contributed by atoms with Crippen LogP contribution >= 0.6 is 11.3 Å². The molecule has 1 aliphatic carbocycles. The Morgan fingerprint density at radius 2 is 1.86 bits per heavy atom. The first-order valence-corrected chi connectivity index (χ1v) is 10.1. The number of hydrogen-bond donors (Lipinski definition) is 0. The minimum absolute atomic E-state index is 0.123. The van der Waals surface area contributed by atoms with Crippen molar-refractivity contribution in [1.29, 1.82) is 0 Å². The van der Waals surface area contributed by atoms with E-state index < -0.39 is 11.9 Å². The molecule has 0 amide bonds. The fourth-order valence-electron chi connectivity index (χ4n) is 3.39. The Morgan fingerprint density at radius 1 is 1.21 bits per heavy atom. The number of benzene rings is 1. The molecule has 0 aliphatic heterocycles. The van der Waals surface area contributed by atoms with Crippen LogP contribution in [-0.2, 0) is 14.3 Å². The van der Waals surface area contributed by atoms with Crippen molar-refractivity contribution < 1.29 is 19.1 Å². The molecule has 0 bridgehead atoms. The molecule has 1 aromatic heterocycles. The summed E-state index contributed by atoms with van der Waals surface area (Å²) in [6, 6.07) is 9.52. The average Bonchev–Trinajstić information content (AvgIpc) is 3.05. The van der Waals surface area contributed by atoms with Gasteiger partial charge in [-0.2, -0.15) is 0 Å². The number of thiophene rings is 1. The lowest BCUT2D eigenvalue weighted by atomic mass is 9.72. The minimum atomic E-state index is -0.842. The molecule has 28 heavy (non-hydrogen) atoms. The molecule has 0 N–H and O–H groups in total. The van der Waals surface area contributed by atoms with Crippen molar-refractivity contribution in [2.75, 3.05) is 6.61 Å². The van der Waals surface area contributed by atoms with Crippen molar-refractivity contribution in [2.24, 2.45) is 16.3 Å². The smallest absolute Gasteiger partial charge is 0.341 e. The second-order valence-corrected chi connectivity index (χ2v) is 8.48. The molecule has 2 aromatic rings. The molecule has 5 nitrogen and oxygen atoms in total. The standard InChI is InChI=1S/C22H23NO4S/c1-4-27-21(26)19-16(14-8-6-5-7-9-14)13-28-20(19)23-12-15-17(24)10-22(2,3)11-18(15)25/h5-9,12-13,15H,4,10-11H2,1-3H3. The van der Waals surface area contributed by atoms with Crippen molar-refractivity contribution in [3.05, 3.63) is 41.3 Å². The van der Waals surface area contributed by atoms with Gasteiger partial charge < -0.3 is 4.74 Å². The molecule has 1 heterocycles. The Kier molecular flexibility index (Phi) is 5.89. The van der Waals surface area contributed by atoms with Crippen LogP contribution in [0.25, 0.3) is 11.1 Å². The predicted molar refractivity (Wildman–Crippen MR) is 110 cm³/mol. The van der Waals surface area contributed by atoms with Crippen molar-refractivity contribution in [2.45, 2.75) is 33.6 Å². The number of Topliss-reactive ketones (excluding diaryl/α,β-unsaturated/α-hetero) is 2. The molecule has 0 radical (unpaired) electrons. The van der Waals surface area contributed by atoms with E-state index in [0.29, 0.717) is 23.4 Å². The van der Waals surface area contributed by atoms with Gasteiger partial charge in [0.25, 0.3) is 0 Å². The lowest BCUT2D eigenvalue weighted by Crippen LogP contribution is -2.38. The molecule has 6 heteroatoms. The summed E-state index contributed by atoms with van der Waals surface area (Å²) in [6.45, 7) is 5.83. The maximum Gasteiger partial charge on any atom is 0.341 e. The molecule has 3 rings (SSSR count). The largest absolute Gasteiger partial charge is 0.462 e. The Morgan fingerprint density at radius 3 is 2.46 bits per heavy atom. The van der Waals surface area contributed by atoms with Gasteiger partial charge in [0.15, 0.2) is 0 Å². The zero-order chi connectivity index (χ0) is 20.3. The summed E-state index contributed by atoms with van der Waals surface area (Å²) < 4.78 is 5.21. The first-order valence-electron chi connectivity index (χ1n) is 9.26. The van der Waals surface area contributed by atoms with E-state index in [1.165, 1.54) is 17.6 Å². The summed E-state index contributed by atoms with van der Waals surface area (Å²) in [5, 5.41) is 2.30. The molecule has 0 unspecified atom stereocenters. The summed E-state index contributed by atoms with van der Waals surface area (Å²) >= 11 is 1.29. The van der Waals surface area contributed by atoms with Gasteiger partial charge in [0.2, 0.25) is 0 Å². The van der Waals surface area contributed by atoms with Gasteiger partial charge in [-0.1, -0.05) is 44.2 Å². The Hall–Kier alpha value is -2.60. The van der Waals surface area contributed by atoms with Crippen LogP contribution in [-0.4, -0.2) is 30.4 Å². The van der Waals surface area contributed by atoms with Crippen molar-refractivity contribution in [1.82, 2.24) is 0 Å². The summed E-state index contributed by atoms with van der Waals surface area (Å²) in [7, 11) is 0. The van der Waals surface area contributed by atoms with Gasteiger partial charge in [0.05, 0.1) is 6.61 Å². The van der Waals surface area contributed by atoms with Gasteiger partial charge in [-0.05, 0) is 17.9 Å². The highest BCUT2D eigenvalue weighted by Gasteiger charge is 2.38. The molecule has 1 fully saturated rings. The predicted octanol–water partition coefficient (Wildman–Crippen LogP) is 4.87. The third-order valence-electron chi connectivity index (χ3n) is 4.68. The molecular formula is C22H23NO4S. The summed E-state index contributed by atoms with van der Waals surface area (Å²) in [4.78, 5) is 41.7. The van der Waals surface area contributed by atoms with Crippen LogP contribution in [0.5, 0.6) is 0 Å². The van der Waals surface area contributed by atoms with Crippen LogP contribution in [0, 0.1) is 11.3 Å². The van der Waals surface area contributed by atoms with E-state index in [2.05, 4.69) is 4.99 Å². The topological polar surface area (TPSA) is 72.8 Å². The van der Waals surface area contributed by atoms with Gasteiger partial charge in [0.1, 0.15) is 28.0 Å². The summed E-state index contributed by atoms with van der Waals surface area (Å²) in [5.41, 5.74) is 1.68. The number of ether oxygens (including phenoxy) is 1. The maximum absolute atomic E-state index is 12.6. The first-order chi connectivity index (χ1) is 13.3. The molecule has 1 aromatic carbocycles. The SMILES string of the molecule is CCOC(=O)c1c(-c2ccccc2)csc1N=CC1C(=O)CC(C)(C)CC1=O. The van der Waals surface area contributed by atoms with Crippen LogP contribution < -0.4 is 0 Å². The highest BCUT2D eigenvalue weighted by atomic mass is 32.1. The molecule has 1 saturated carbocycles. The highest BCUT2D eigenvalue weighted by Crippen LogP contribution is 2.39. The van der Waals surface area contributed by atoms with E-state index in [9.17, 15) is 14.4 Å². The van der Waals surface area contributed by atoms with Gasteiger partial charge >= 0.3 is 5.97 Å². The second-order valence-electron chi connectivity index (χ2n) is 7.62. The highest BCUT2D eigenvalue weighted by molar-refractivity contribution is 7.14. The Bertz CT molecular complexity index is 907. The van der Waals surface area contributed by atoms with E-state index in [0.717, 1.165) is 11.1 Å². The third-order valence-corrected chi connectivity index (χ3v) is 5.56. The van der Waals surface area contributed by atoms with E-state index in [1.54, 1.807) is 6.92 Å². The maximum atomic E-state index is 12.6. The molecule has 146 valence electrons. The molecule has 0 spiro atoms. The van der Waals surface area contributed by atoms with E-state index in [1.807, 2.05) is 49.6 Å². The first kappa shape index (κ1) is 20.1.